The van der Waals surface area contributed by atoms with Gasteiger partial charge in [0, 0.05) is 17.3 Å². The number of carboxylic acid groups (broad SMARTS) is 1. The normalized spacial score (nSPS) is 10.1. The average molecular weight is 220 g/mol. The standard InChI is InChI=1S/C10H8N2O2S/c13-9(14)7-2-1-3-8(6-7)15-10-11-4-5-12-10/h1-6H,(H,11,12)(H,13,14). The van der Waals surface area contributed by atoms with Crippen LogP contribution < -0.4 is 0 Å². The second kappa shape index (κ2) is 4.18. The number of H-pyrrole nitrogens is 1. The minimum absolute atomic E-state index is 0.284. The molecule has 15 heavy (non-hydrogen) atoms. The van der Waals surface area contributed by atoms with Crippen molar-refractivity contribution < 1.29 is 9.90 Å². The Labute approximate surface area is 90.4 Å². The molecule has 76 valence electrons. The summed E-state index contributed by atoms with van der Waals surface area (Å²) in [6.45, 7) is 0. The zero-order valence-corrected chi connectivity index (χ0v) is 8.49. The van der Waals surface area contributed by atoms with Crippen molar-refractivity contribution in [3.05, 3.63) is 42.2 Å². The molecule has 1 heterocycles. The Balaban J connectivity index is 2.22. The predicted molar refractivity (Wildman–Crippen MR) is 56.1 cm³/mol. The largest absolute Gasteiger partial charge is 0.478 e. The van der Waals surface area contributed by atoms with Gasteiger partial charge in [-0.1, -0.05) is 17.8 Å². The van der Waals surface area contributed by atoms with E-state index in [2.05, 4.69) is 9.97 Å². The lowest BCUT2D eigenvalue weighted by atomic mass is 10.2. The van der Waals surface area contributed by atoms with E-state index in [1.165, 1.54) is 11.8 Å². The first kappa shape index (κ1) is 9.79. The summed E-state index contributed by atoms with van der Waals surface area (Å²) >= 11 is 1.40. The Morgan fingerprint density at radius 2 is 2.33 bits per heavy atom. The molecule has 2 N–H and O–H groups in total. The first-order valence-electron chi connectivity index (χ1n) is 4.26. The number of hydrogen-bond acceptors (Lipinski definition) is 3. The highest BCUT2D eigenvalue weighted by Gasteiger charge is 2.04. The summed E-state index contributed by atoms with van der Waals surface area (Å²) in [4.78, 5) is 18.6. The van der Waals surface area contributed by atoms with E-state index in [0.29, 0.717) is 0 Å². The lowest BCUT2D eigenvalue weighted by molar-refractivity contribution is 0.0696. The molecule has 5 heteroatoms. The summed E-state index contributed by atoms with van der Waals surface area (Å²) in [5, 5.41) is 9.55. The van der Waals surface area contributed by atoms with Crippen molar-refractivity contribution in [2.24, 2.45) is 0 Å². The molecule has 0 bridgehead atoms. The summed E-state index contributed by atoms with van der Waals surface area (Å²) in [5.41, 5.74) is 0.284. The van der Waals surface area contributed by atoms with Crippen LogP contribution in [0.25, 0.3) is 0 Å². The number of aromatic nitrogens is 2. The molecule has 0 fully saturated rings. The van der Waals surface area contributed by atoms with Crippen LogP contribution in [0.3, 0.4) is 0 Å². The van der Waals surface area contributed by atoms with E-state index in [4.69, 9.17) is 5.11 Å². The van der Waals surface area contributed by atoms with Crippen molar-refractivity contribution in [3.63, 3.8) is 0 Å². The summed E-state index contributed by atoms with van der Waals surface area (Å²) in [6, 6.07) is 6.75. The number of imidazole rings is 1. The molecule has 1 aromatic carbocycles. The first-order valence-corrected chi connectivity index (χ1v) is 5.08. The molecule has 2 rings (SSSR count). The Morgan fingerprint density at radius 1 is 1.47 bits per heavy atom. The van der Waals surface area contributed by atoms with E-state index in [9.17, 15) is 4.79 Å². The highest BCUT2D eigenvalue weighted by molar-refractivity contribution is 7.99. The molecule has 4 nitrogen and oxygen atoms in total. The van der Waals surface area contributed by atoms with E-state index in [-0.39, 0.29) is 5.56 Å². The molecule has 0 spiro atoms. The quantitative estimate of drug-likeness (QED) is 0.832. The third-order valence-corrected chi connectivity index (χ3v) is 2.67. The maximum atomic E-state index is 10.7. The van der Waals surface area contributed by atoms with Crippen LogP contribution in [0, 0.1) is 0 Å². The number of benzene rings is 1. The van der Waals surface area contributed by atoms with Crippen LogP contribution >= 0.6 is 11.8 Å². The number of aromatic carboxylic acids is 1. The summed E-state index contributed by atoms with van der Waals surface area (Å²) in [5.74, 6) is -0.920. The minimum Gasteiger partial charge on any atom is -0.478 e. The van der Waals surface area contributed by atoms with Crippen LogP contribution in [0.2, 0.25) is 0 Å². The molecule has 2 aromatic rings. The van der Waals surface area contributed by atoms with Crippen LogP contribution in [-0.2, 0) is 0 Å². The van der Waals surface area contributed by atoms with Gasteiger partial charge in [-0.3, -0.25) is 0 Å². The van der Waals surface area contributed by atoms with E-state index in [1.807, 2.05) is 6.07 Å². The van der Waals surface area contributed by atoms with Gasteiger partial charge in [-0.15, -0.1) is 0 Å². The summed E-state index contributed by atoms with van der Waals surface area (Å²) in [6.07, 6.45) is 3.38. The van der Waals surface area contributed by atoms with Crippen molar-refractivity contribution in [3.8, 4) is 0 Å². The molecular weight excluding hydrogens is 212 g/mol. The van der Waals surface area contributed by atoms with Crippen LogP contribution in [0.5, 0.6) is 0 Å². The molecule has 0 amide bonds. The molecular formula is C10H8N2O2S. The van der Waals surface area contributed by atoms with Gasteiger partial charge in [-0.25, -0.2) is 9.78 Å². The topological polar surface area (TPSA) is 66.0 Å². The van der Waals surface area contributed by atoms with Crippen molar-refractivity contribution in [2.75, 3.05) is 0 Å². The van der Waals surface area contributed by atoms with Crippen molar-refractivity contribution >= 4 is 17.7 Å². The second-order valence-electron chi connectivity index (χ2n) is 2.83. The van der Waals surface area contributed by atoms with E-state index < -0.39 is 5.97 Å². The SMILES string of the molecule is O=C(O)c1cccc(Sc2ncc[nH]2)c1. The van der Waals surface area contributed by atoms with Crippen LogP contribution in [-0.4, -0.2) is 21.0 Å². The van der Waals surface area contributed by atoms with Gasteiger partial charge < -0.3 is 10.1 Å². The molecule has 1 aromatic heterocycles. The Bertz CT molecular complexity index is 468. The fourth-order valence-corrected chi connectivity index (χ4v) is 1.91. The average Bonchev–Trinajstić information content (AvgIpc) is 2.71. The number of nitrogens with zero attached hydrogens (tertiary/aromatic N) is 1. The van der Waals surface area contributed by atoms with Gasteiger partial charge >= 0.3 is 5.97 Å². The minimum atomic E-state index is -0.920. The third-order valence-electron chi connectivity index (χ3n) is 1.77. The molecule has 0 aliphatic heterocycles. The number of carbonyl (C=O) groups is 1. The zero-order valence-electron chi connectivity index (χ0n) is 7.68. The zero-order chi connectivity index (χ0) is 10.7. The maximum Gasteiger partial charge on any atom is 0.335 e. The molecule has 0 unspecified atom stereocenters. The number of carboxylic acids is 1. The number of nitrogens with one attached hydrogen (secondary N) is 1. The maximum absolute atomic E-state index is 10.7. The van der Waals surface area contributed by atoms with Gasteiger partial charge in [0.1, 0.15) is 0 Å². The van der Waals surface area contributed by atoms with Crippen molar-refractivity contribution in [1.29, 1.82) is 0 Å². The number of aromatic amines is 1. The van der Waals surface area contributed by atoms with Gasteiger partial charge in [-0.05, 0) is 18.2 Å². The Kier molecular flexibility index (Phi) is 2.73. The molecule has 0 radical (unpaired) electrons. The smallest absolute Gasteiger partial charge is 0.335 e. The number of rotatable bonds is 3. The Morgan fingerprint density at radius 3 is 3.00 bits per heavy atom. The molecule has 0 saturated carbocycles. The van der Waals surface area contributed by atoms with E-state index >= 15 is 0 Å². The van der Waals surface area contributed by atoms with Crippen LogP contribution in [0.4, 0.5) is 0 Å². The molecule has 0 aliphatic carbocycles. The van der Waals surface area contributed by atoms with Gasteiger partial charge in [-0.2, -0.15) is 0 Å². The van der Waals surface area contributed by atoms with Gasteiger partial charge in [0.25, 0.3) is 0 Å². The predicted octanol–water partition coefficient (Wildman–Crippen LogP) is 2.26. The molecule has 0 aliphatic rings. The monoisotopic (exact) mass is 220 g/mol. The summed E-state index contributed by atoms with van der Waals surface area (Å²) < 4.78 is 0. The molecule has 0 atom stereocenters. The fourth-order valence-electron chi connectivity index (χ4n) is 1.11. The highest BCUT2D eigenvalue weighted by Crippen LogP contribution is 2.24. The van der Waals surface area contributed by atoms with Crippen molar-refractivity contribution in [2.45, 2.75) is 10.1 Å². The first-order chi connectivity index (χ1) is 7.25. The van der Waals surface area contributed by atoms with E-state index in [1.54, 1.807) is 30.6 Å². The van der Waals surface area contributed by atoms with Crippen LogP contribution in [0.1, 0.15) is 10.4 Å². The van der Waals surface area contributed by atoms with Gasteiger partial charge in [0.05, 0.1) is 5.56 Å². The highest BCUT2D eigenvalue weighted by atomic mass is 32.2. The fraction of sp³-hybridized carbons (Fsp3) is 0. The third kappa shape index (κ3) is 2.38. The Hall–Kier alpha value is -1.75. The second-order valence-corrected chi connectivity index (χ2v) is 3.89. The molecule has 0 saturated heterocycles. The lowest BCUT2D eigenvalue weighted by Crippen LogP contribution is -1.95. The lowest BCUT2D eigenvalue weighted by Gasteiger charge is -1.99. The van der Waals surface area contributed by atoms with Gasteiger partial charge in [0.2, 0.25) is 0 Å². The van der Waals surface area contributed by atoms with E-state index in [0.717, 1.165) is 10.1 Å². The van der Waals surface area contributed by atoms with Gasteiger partial charge in [0.15, 0.2) is 5.16 Å². The van der Waals surface area contributed by atoms with Crippen molar-refractivity contribution in [1.82, 2.24) is 9.97 Å². The number of hydrogen-bond donors (Lipinski definition) is 2. The van der Waals surface area contributed by atoms with Crippen LogP contribution in [0.15, 0.2) is 46.7 Å². The summed E-state index contributed by atoms with van der Waals surface area (Å²) in [7, 11) is 0.